The van der Waals surface area contributed by atoms with Crippen LogP contribution in [0, 0.1) is 0 Å². The maximum absolute atomic E-state index is 9.97. The van der Waals surface area contributed by atoms with Gasteiger partial charge >= 0.3 is 0 Å². The monoisotopic (exact) mass is 293 g/mol. The van der Waals surface area contributed by atoms with Crippen LogP contribution in [-0.2, 0) is 5.60 Å². The Balaban J connectivity index is 1.89. The number of rotatable bonds is 3. The van der Waals surface area contributed by atoms with Crippen LogP contribution in [-0.4, -0.2) is 20.8 Å². The van der Waals surface area contributed by atoms with Gasteiger partial charge in [-0.1, -0.05) is 12.1 Å². The maximum atomic E-state index is 9.97. The molecule has 1 aliphatic rings. The number of aromatic nitrogens is 2. The van der Waals surface area contributed by atoms with Gasteiger partial charge in [-0.2, -0.15) is 0 Å². The van der Waals surface area contributed by atoms with E-state index in [4.69, 9.17) is 4.99 Å². The van der Waals surface area contributed by atoms with Gasteiger partial charge in [-0.25, -0.2) is 0 Å². The first-order valence-electron chi connectivity index (χ1n) is 7.42. The maximum Gasteiger partial charge on any atom is 0.101 e. The molecule has 1 N–H and O–H groups in total. The lowest BCUT2D eigenvalue weighted by molar-refractivity contribution is 0.0738. The van der Waals surface area contributed by atoms with E-state index in [1.165, 1.54) is 0 Å². The summed E-state index contributed by atoms with van der Waals surface area (Å²) in [6.07, 6.45) is 7.51. The molecular formula is C18H19N3O. The lowest BCUT2D eigenvalue weighted by Crippen LogP contribution is -2.17. The van der Waals surface area contributed by atoms with Gasteiger partial charge in [0.15, 0.2) is 0 Å². The van der Waals surface area contributed by atoms with Crippen molar-refractivity contribution in [1.29, 1.82) is 0 Å². The Morgan fingerprint density at radius 2 is 1.95 bits per heavy atom. The SMILES string of the molecule is CC(C)(O)c1ccc(C2=CCCC(c3ccccn3)=N2)cn1. The highest BCUT2D eigenvalue weighted by Crippen LogP contribution is 2.25. The summed E-state index contributed by atoms with van der Waals surface area (Å²) in [4.78, 5) is 13.4. The standard InChI is InChI=1S/C18H19N3O/c1-18(2,22)17-10-9-13(12-20-17)14-7-5-8-16(21-14)15-6-3-4-11-19-15/h3-4,6-7,9-12,22H,5,8H2,1-2H3. The highest BCUT2D eigenvalue weighted by molar-refractivity contribution is 6.03. The first-order chi connectivity index (χ1) is 10.5. The molecule has 0 aliphatic carbocycles. The van der Waals surface area contributed by atoms with E-state index in [0.29, 0.717) is 5.69 Å². The lowest BCUT2D eigenvalue weighted by atomic mass is 10.0. The molecule has 1 aliphatic heterocycles. The predicted molar refractivity (Wildman–Crippen MR) is 87.5 cm³/mol. The van der Waals surface area contributed by atoms with Crippen molar-refractivity contribution in [2.75, 3.05) is 0 Å². The zero-order valence-electron chi connectivity index (χ0n) is 12.8. The summed E-state index contributed by atoms with van der Waals surface area (Å²) in [5.41, 5.74) is 3.53. The van der Waals surface area contributed by atoms with Crippen LogP contribution in [0.3, 0.4) is 0 Å². The number of hydrogen-bond donors (Lipinski definition) is 1. The largest absolute Gasteiger partial charge is 0.384 e. The zero-order valence-corrected chi connectivity index (χ0v) is 12.8. The second-order valence-corrected chi connectivity index (χ2v) is 5.89. The first kappa shape index (κ1) is 14.6. The molecule has 0 bridgehead atoms. The minimum absolute atomic E-state index is 0.654. The van der Waals surface area contributed by atoms with Gasteiger partial charge in [0.25, 0.3) is 0 Å². The average Bonchev–Trinajstić information content (AvgIpc) is 2.55. The molecule has 0 amide bonds. The molecule has 3 rings (SSSR count). The topological polar surface area (TPSA) is 58.4 Å². The van der Waals surface area contributed by atoms with Crippen molar-refractivity contribution in [3.8, 4) is 0 Å². The molecule has 0 spiro atoms. The average molecular weight is 293 g/mol. The third-order valence-electron chi connectivity index (χ3n) is 3.62. The summed E-state index contributed by atoms with van der Waals surface area (Å²) < 4.78 is 0. The van der Waals surface area contributed by atoms with Gasteiger partial charge in [0.2, 0.25) is 0 Å². The van der Waals surface area contributed by atoms with Crippen molar-refractivity contribution < 1.29 is 5.11 Å². The molecule has 3 heterocycles. The molecule has 0 aromatic carbocycles. The van der Waals surface area contributed by atoms with Crippen molar-refractivity contribution in [3.05, 3.63) is 65.8 Å². The minimum Gasteiger partial charge on any atom is -0.384 e. The second-order valence-electron chi connectivity index (χ2n) is 5.89. The van der Waals surface area contributed by atoms with E-state index in [9.17, 15) is 5.11 Å². The molecule has 112 valence electrons. The Bertz CT molecular complexity index is 710. The van der Waals surface area contributed by atoms with E-state index in [1.54, 1.807) is 26.2 Å². The molecule has 0 radical (unpaired) electrons. The molecule has 0 atom stereocenters. The number of pyridine rings is 2. The van der Waals surface area contributed by atoms with Gasteiger partial charge in [-0.05, 0) is 51.0 Å². The summed E-state index contributed by atoms with van der Waals surface area (Å²) in [6, 6.07) is 9.67. The van der Waals surface area contributed by atoms with Crippen LogP contribution >= 0.6 is 0 Å². The van der Waals surface area contributed by atoms with Crippen molar-refractivity contribution in [1.82, 2.24) is 9.97 Å². The summed E-state index contributed by atoms with van der Waals surface area (Å²) in [5.74, 6) is 0. The second kappa shape index (κ2) is 5.81. The fourth-order valence-electron chi connectivity index (χ4n) is 2.40. The Morgan fingerprint density at radius 3 is 2.59 bits per heavy atom. The number of allylic oxidation sites excluding steroid dienone is 1. The smallest absolute Gasteiger partial charge is 0.101 e. The lowest BCUT2D eigenvalue weighted by Gasteiger charge is -2.17. The highest BCUT2D eigenvalue weighted by Gasteiger charge is 2.18. The van der Waals surface area contributed by atoms with E-state index in [0.717, 1.165) is 35.5 Å². The molecule has 0 saturated heterocycles. The van der Waals surface area contributed by atoms with Crippen LogP contribution in [0.4, 0.5) is 0 Å². The van der Waals surface area contributed by atoms with E-state index >= 15 is 0 Å². The van der Waals surface area contributed by atoms with E-state index < -0.39 is 5.60 Å². The first-order valence-corrected chi connectivity index (χ1v) is 7.42. The number of aliphatic imine (C=N–C) groups is 1. The highest BCUT2D eigenvalue weighted by atomic mass is 16.3. The number of aliphatic hydroxyl groups is 1. The Morgan fingerprint density at radius 1 is 1.09 bits per heavy atom. The van der Waals surface area contributed by atoms with Crippen LogP contribution < -0.4 is 0 Å². The summed E-state index contributed by atoms with van der Waals surface area (Å²) in [7, 11) is 0. The Hall–Kier alpha value is -2.33. The van der Waals surface area contributed by atoms with Crippen molar-refractivity contribution in [2.45, 2.75) is 32.3 Å². The predicted octanol–water partition coefficient (Wildman–Crippen LogP) is 3.33. The normalized spacial score (nSPS) is 15.2. The number of hydrogen-bond acceptors (Lipinski definition) is 4. The van der Waals surface area contributed by atoms with Gasteiger partial charge in [0, 0.05) is 18.0 Å². The molecule has 4 nitrogen and oxygen atoms in total. The third kappa shape index (κ3) is 3.12. The fraction of sp³-hybridized carbons (Fsp3) is 0.278. The molecule has 0 saturated carbocycles. The molecule has 0 fully saturated rings. The summed E-state index contributed by atoms with van der Waals surface area (Å²) in [5, 5.41) is 9.97. The summed E-state index contributed by atoms with van der Waals surface area (Å²) in [6.45, 7) is 3.46. The molecule has 0 unspecified atom stereocenters. The minimum atomic E-state index is -0.929. The van der Waals surface area contributed by atoms with Crippen molar-refractivity contribution in [2.24, 2.45) is 4.99 Å². The molecular weight excluding hydrogens is 274 g/mol. The van der Waals surface area contributed by atoms with Gasteiger partial charge in [0.1, 0.15) is 5.60 Å². The molecule has 2 aromatic heterocycles. The summed E-state index contributed by atoms with van der Waals surface area (Å²) >= 11 is 0. The fourth-order valence-corrected chi connectivity index (χ4v) is 2.40. The van der Waals surface area contributed by atoms with Gasteiger partial charge < -0.3 is 5.11 Å². The van der Waals surface area contributed by atoms with Gasteiger partial charge in [-0.15, -0.1) is 0 Å². The number of nitrogens with zero attached hydrogens (tertiary/aromatic N) is 3. The van der Waals surface area contributed by atoms with E-state index in [-0.39, 0.29) is 0 Å². The zero-order chi connectivity index (χ0) is 15.6. The van der Waals surface area contributed by atoms with Crippen LogP contribution in [0.15, 0.2) is 53.8 Å². The quantitative estimate of drug-likeness (QED) is 0.944. The van der Waals surface area contributed by atoms with Gasteiger partial charge in [-0.3, -0.25) is 15.0 Å². The molecule has 22 heavy (non-hydrogen) atoms. The Kier molecular flexibility index (Phi) is 3.86. The van der Waals surface area contributed by atoms with Crippen LogP contribution in [0.5, 0.6) is 0 Å². The third-order valence-corrected chi connectivity index (χ3v) is 3.62. The Labute approximate surface area is 130 Å². The van der Waals surface area contributed by atoms with Crippen molar-refractivity contribution in [3.63, 3.8) is 0 Å². The molecule has 4 heteroatoms. The van der Waals surface area contributed by atoms with Crippen LogP contribution in [0.2, 0.25) is 0 Å². The van der Waals surface area contributed by atoms with Gasteiger partial charge in [0.05, 0.1) is 22.8 Å². The molecule has 2 aromatic rings. The van der Waals surface area contributed by atoms with Crippen LogP contribution in [0.1, 0.15) is 43.6 Å². The van der Waals surface area contributed by atoms with Crippen molar-refractivity contribution >= 4 is 11.4 Å². The van der Waals surface area contributed by atoms with E-state index in [2.05, 4.69) is 16.0 Å². The van der Waals surface area contributed by atoms with E-state index in [1.807, 2.05) is 30.3 Å². The van der Waals surface area contributed by atoms with Crippen LogP contribution in [0.25, 0.3) is 5.70 Å².